The van der Waals surface area contributed by atoms with E-state index in [0.29, 0.717) is 4.83 Å². The first-order valence-corrected chi connectivity index (χ1v) is 8.40. The van der Waals surface area contributed by atoms with Gasteiger partial charge in [-0.05, 0) is 42.0 Å². The second-order valence-corrected chi connectivity index (χ2v) is 8.27. The highest BCUT2D eigenvalue weighted by atomic mass is 79.9. The van der Waals surface area contributed by atoms with Crippen LogP contribution in [0.4, 0.5) is 0 Å². The Bertz CT molecular complexity index is 548. The number of benzene rings is 1. The van der Waals surface area contributed by atoms with Gasteiger partial charge in [-0.3, -0.25) is 0 Å². The van der Waals surface area contributed by atoms with Crippen LogP contribution in [-0.4, -0.2) is 0 Å². The summed E-state index contributed by atoms with van der Waals surface area (Å²) >= 11 is 5.77. The first kappa shape index (κ1) is 14.8. The summed E-state index contributed by atoms with van der Waals surface area (Å²) in [5.41, 5.74) is 3.05. The highest BCUT2D eigenvalue weighted by Gasteiger charge is 2.19. The zero-order valence-corrected chi connectivity index (χ0v) is 14.4. The van der Waals surface area contributed by atoms with Crippen LogP contribution < -0.4 is 0 Å². The van der Waals surface area contributed by atoms with E-state index in [1.807, 2.05) is 11.3 Å². The summed E-state index contributed by atoms with van der Waals surface area (Å²) in [6, 6.07) is 13.2. The van der Waals surface area contributed by atoms with Crippen LogP contribution in [0, 0.1) is 6.92 Å². The van der Waals surface area contributed by atoms with E-state index in [9.17, 15) is 0 Å². The third kappa shape index (κ3) is 3.70. The number of halogens is 1. The van der Waals surface area contributed by atoms with Crippen molar-refractivity contribution in [3.63, 3.8) is 0 Å². The van der Waals surface area contributed by atoms with Gasteiger partial charge in [0, 0.05) is 9.75 Å². The average molecular weight is 337 g/mol. The SMILES string of the molecule is Cc1ccccc1CC(Br)c1ccc(C(C)(C)C)s1. The molecule has 0 fully saturated rings. The lowest BCUT2D eigenvalue weighted by Gasteiger charge is -2.16. The first-order valence-electron chi connectivity index (χ1n) is 6.66. The van der Waals surface area contributed by atoms with Crippen LogP contribution in [0.25, 0.3) is 0 Å². The Hall–Kier alpha value is -0.600. The second kappa shape index (κ2) is 5.80. The van der Waals surface area contributed by atoms with Crippen molar-refractivity contribution in [3.05, 3.63) is 57.3 Å². The number of aryl methyl sites for hydroxylation is 1. The molecule has 2 aromatic rings. The molecule has 0 saturated heterocycles. The van der Waals surface area contributed by atoms with Gasteiger partial charge in [0.25, 0.3) is 0 Å². The van der Waals surface area contributed by atoms with E-state index in [2.05, 4.69) is 80.0 Å². The van der Waals surface area contributed by atoms with Gasteiger partial charge >= 0.3 is 0 Å². The summed E-state index contributed by atoms with van der Waals surface area (Å²) < 4.78 is 0. The lowest BCUT2D eigenvalue weighted by atomic mass is 9.95. The van der Waals surface area contributed by atoms with Crippen LogP contribution in [0.15, 0.2) is 36.4 Å². The summed E-state index contributed by atoms with van der Waals surface area (Å²) in [4.78, 5) is 3.29. The van der Waals surface area contributed by atoms with E-state index in [0.717, 1.165) is 6.42 Å². The minimum Gasteiger partial charge on any atom is -0.144 e. The van der Waals surface area contributed by atoms with Crippen molar-refractivity contribution >= 4 is 27.3 Å². The Labute approximate surface area is 129 Å². The van der Waals surface area contributed by atoms with Gasteiger partial charge in [-0.25, -0.2) is 0 Å². The van der Waals surface area contributed by atoms with Crippen LogP contribution >= 0.6 is 27.3 Å². The fraction of sp³-hybridized carbons (Fsp3) is 0.412. The number of thiophene rings is 1. The minimum absolute atomic E-state index is 0.248. The van der Waals surface area contributed by atoms with E-state index in [1.54, 1.807) is 0 Å². The highest BCUT2D eigenvalue weighted by Crippen LogP contribution is 2.37. The summed E-state index contributed by atoms with van der Waals surface area (Å²) in [6.45, 7) is 9.00. The smallest absolute Gasteiger partial charge is 0.0529 e. The van der Waals surface area contributed by atoms with Crippen molar-refractivity contribution in [1.82, 2.24) is 0 Å². The Balaban J connectivity index is 2.15. The number of hydrogen-bond acceptors (Lipinski definition) is 1. The summed E-state index contributed by atoms with van der Waals surface area (Å²) in [6.07, 6.45) is 1.05. The topological polar surface area (TPSA) is 0 Å². The van der Waals surface area contributed by atoms with E-state index in [-0.39, 0.29) is 5.41 Å². The van der Waals surface area contributed by atoms with Crippen molar-refractivity contribution in [2.75, 3.05) is 0 Å². The molecular weight excluding hydrogens is 316 g/mol. The fourth-order valence-corrected chi connectivity index (χ4v) is 3.88. The molecule has 2 heteroatoms. The molecule has 19 heavy (non-hydrogen) atoms. The molecule has 1 atom stereocenters. The van der Waals surface area contributed by atoms with E-state index in [4.69, 9.17) is 0 Å². The van der Waals surface area contributed by atoms with Crippen molar-refractivity contribution < 1.29 is 0 Å². The van der Waals surface area contributed by atoms with Gasteiger partial charge in [0.05, 0.1) is 4.83 Å². The number of hydrogen-bond donors (Lipinski definition) is 0. The van der Waals surface area contributed by atoms with Gasteiger partial charge in [-0.2, -0.15) is 0 Å². The lowest BCUT2D eigenvalue weighted by Crippen LogP contribution is -2.07. The number of rotatable bonds is 3. The molecule has 0 nitrogen and oxygen atoms in total. The second-order valence-electron chi connectivity index (χ2n) is 6.05. The molecule has 0 aliphatic rings. The lowest BCUT2D eigenvalue weighted by molar-refractivity contribution is 0.604. The molecule has 1 aromatic carbocycles. The van der Waals surface area contributed by atoms with Crippen molar-refractivity contribution in [2.24, 2.45) is 0 Å². The Morgan fingerprint density at radius 3 is 2.37 bits per heavy atom. The molecule has 0 bridgehead atoms. The third-order valence-electron chi connectivity index (χ3n) is 3.34. The average Bonchev–Trinajstić information content (AvgIpc) is 2.81. The van der Waals surface area contributed by atoms with Gasteiger partial charge in [0.2, 0.25) is 0 Å². The summed E-state index contributed by atoms with van der Waals surface area (Å²) in [5, 5.41) is 0. The van der Waals surface area contributed by atoms with Gasteiger partial charge in [0.1, 0.15) is 0 Å². The van der Waals surface area contributed by atoms with E-state index < -0.39 is 0 Å². The van der Waals surface area contributed by atoms with Crippen LogP contribution in [0.5, 0.6) is 0 Å². The minimum atomic E-state index is 0.248. The molecular formula is C17H21BrS. The molecule has 102 valence electrons. The van der Waals surface area contributed by atoms with Gasteiger partial charge in [0.15, 0.2) is 0 Å². The molecule has 0 aliphatic carbocycles. The zero-order valence-electron chi connectivity index (χ0n) is 12.0. The highest BCUT2D eigenvalue weighted by molar-refractivity contribution is 9.09. The van der Waals surface area contributed by atoms with E-state index >= 15 is 0 Å². The normalized spacial score (nSPS) is 13.5. The third-order valence-corrected chi connectivity index (χ3v) is 6.08. The maximum atomic E-state index is 3.85. The number of alkyl halides is 1. The Morgan fingerprint density at radius 1 is 1.11 bits per heavy atom. The van der Waals surface area contributed by atoms with Gasteiger partial charge in [-0.1, -0.05) is 61.0 Å². The van der Waals surface area contributed by atoms with E-state index in [1.165, 1.54) is 20.9 Å². The molecule has 0 radical (unpaired) electrons. The van der Waals surface area contributed by atoms with Gasteiger partial charge in [-0.15, -0.1) is 11.3 Å². The van der Waals surface area contributed by atoms with Crippen LogP contribution in [0.2, 0.25) is 0 Å². The Kier molecular flexibility index (Phi) is 4.52. The molecule has 0 aliphatic heterocycles. The van der Waals surface area contributed by atoms with Crippen molar-refractivity contribution in [3.8, 4) is 0 Å². The summed E-state index contributed by atoms with van der Waals surface area (Å²) in [5.74, 6) is 0. The maximum Gasteiger partial charge on any atom is 0.0529 e. The first-order chi connectivity index (χ1) is 8.88. The summed E-state index contributed by atoms with van der Waals surface area (Å²) in [7, 11) is 0. The predicted octanol–water partition coefficient (Wildman–Crippen LogP) is 6.03. The largest absolute Gasteiger partial charge is 0.144 e. The van der Waals surface area contributed by atoms with Crippen LogP contribution in [0.1, 0.15) is 46.5 Å². The quantitative estimate of drug-likeness (QED) is 0.600. The molecule has 0 saturated carbocycles. The van der Waals surface area contributed by atoms with Crippen LogP contribution in [-0.2, 0) is 11.8 Å². The zero-order chi connectivity index (χ0) is 14.0. The predicted molar refractivity (Wildman–Crippen MR) is 89.6 cm³/mol. The van der Waals surface area contributed by atoms with Crippen molar-refractivity contribution in [1.29, 1.82) is 0 Å². The standard InChI is InChI=1S/C17H21BrS/c1-12-7-5-6-8-13(12)11-14(18)15-9-10-16(19-15)17(2,3)4/h5-10,14H,11H2,1-4H3. The van der Waals surface area contributed by atoms with Gasteiger partial charge < -0.3 is 0 Å². The Morgan fingerprint density at radius 2 is 1.79 bits per heavy atom. The maximum absolute atomic E-state index is 3.85. The molecule has 0 spiro atoms. The molecule has 1 heterocycles. The molecule has 0 N–H and O–H groups in total. The monoisotopic (exact) mass is 336 g/mol. The van der Waals surface area contributed by atoms with Crippen LogP contribution in [0.3, 0.4) is 0 Å². The molecule has 2 rings (SSSR count). The fourth-order valence-electron chi connectivity index (χ4n) is 2.06. The molecule has 0 amide bonds. The molecule has 1 unspecified atom stereocenters. The van der Waals surface area contributed by atoms with Crippen molar-refractivity contribution in [2.45, 2.75) is 44.4 Å². The molecule has 1 aromatic heterocycles.